The third-order valence-electron chi connectivity index (χ3n) is 6.93. The van der Waals surface area contributed by atoms with Crippen molar-refractivity contribution >= 4 is 52.0 Å². The molecule has 1 unspecified atom stereocenters. The molecule has 1 N–H and O–H groups in total. The first-order valence-corrected chi connectivity index (χ1v) is 13.4. The lowest BCUT2D eigenvalue weighted by Gasteiger charge is -2.27. The lowest BCUT2D eigenvalue weighted by atomic mass is 9.94. The molecule has 1 atom stereocenters. The maximum Gasteiger partial charge on any atom is 0.300 e. The van der Waals surface area contributed by atoms with E-state index in [0.717, 1.165) is 18.8 Å². The number of aliphatic hydroxyl groups excluding tert-OH is 1. The van der Waals surface area contributed by atoms with Crippen LogP contribution in [0.2, 0.25) is 10.0 Å². The molecular formula is C30H30Cl2N2O6. The number of amides is 1. The second kappa shape index (κ2) is 12.1. The van der Waals surface area contributed by atoms with Crippen molar-refractivity contribution in [2.24, 2.45) is 0 Å². The van der Waals surface area contributed by atoms with E-state index in [9.17, 15) is 14.7 Å². The number of ketones is 1. The minimum Gasteiger partial charge on any atom is -0.507 e. The smallest absolute Gasteiger partial charge is 0.300 e. The second-order valence-corrected chi connectivity index (χ2v) is 9.70. The van der Waals surface area contributed by atoms with Crippen LogP contribution in [0.1, 0.15) is 31.0 Å². The van der Waals surface area contributed by atoms with Gasteiger partial charge in [0.1, 0.15) is 16.5 Å². The zero-order valence-corrected chi connectivity index (χ0v) is 24.3. The molecule has 210 valence electrons. The number of rotatable bonds is 9. The largest absolute Gasteiger partial charge is 0.507 e. The SMILES string of the molecule is CCN(CC)c1ccc(C2/C(=C(\O)c3cc(Cl)c(OC)c(Cl)c3OC)C(=O)C(=O)N2c2ccc(OC)cc2)cc1. The molecule has 0 bridgehead atoms. The number of aliphatic hydroxyl groups is 1. The van der Waals surface area contributed by atoms with Crippen LogP contribution in [0.3, 0.4) is 0 Å². The molecule has 1 saturated heterocycles. The van der Waals surface area contributed by atoms with Crippen LogP contribution in [0.25, 0.3) is 5.76 Å². The quantitative estimate of drug-likeness (QED) is 0.174. The van der Waals surface area contributed by atoms with Gasteiger partial charge < -0.3 is 24.2 Å². The van der Waals surface area contributed by atoms with E-state index in [-0.39, 0.29) is 32.7 Å². The van der Waals surface area contributed by atoms with Gasteiger partial charge >= 0.3 is 0 Å². The number of halogens is 2. The molecule has 1 aliphatic heterocycles. The third-order valence-corrected chi connectivity index (χ3v) is 7.55. The molecule has 3 aromatic rings. The number of carbonyl (C=O) groups is 2. The van der Waals surface area contributed by atoms with Crippen molar-refractivity contribution in [2.75, 3.05) is 44.2 Å². The topological polar surface area (TPSA) is 88.5 Å². The van der Waals surface area contributed by atoms with Crippen molar-refractivity contribution < 1.29 is 28.9 Å². The molecule has 40 heavy (non-hydrogen) atoms. The monoisotopic (exact) mass is 584 g/mol. The number of nitrogens with zero attached hydrogens (tertiary/aromatic N) is 2. The fraction of sp³-hybridized carbons (Fsp3) is 0.267. The van der Waals surface area contributed by atoms with E-state index in [4.69, 9.17) is 37.4 Å². The highest BCUT2D eigenvalue weighted by Crippen LogP contribution is 2.48. The summed E-state index contributed by atoms with van der Waals surface area (Å²) in [5.74, 6) is -1.35. The van der Waals surface area contributed by atoms with Crippen molar-refractivity contribution in [1.82, 2.24) is 0 Å². The van der Waals surface area contributed by atoms with Crippen LogP contribution in [0.15, 0.2) is 60.2 Å². The van der Waals surface area contributed by atoms with E-state index in [2.05, 4.69) is 18.7 Å². The van der Waals surface area contributed by atoms with Gasteiger partial charge in [-0.1, -0.05) is 35.3 Å². The molecule has 1 aliphatic rings. The van der Waals surface area contributed by atoms with Crippen molar-refractivity contribution in [3.63, 3.8) is 0 Å². The van der Waals surface area contributed by atoms with Crippen molar-refractivity contribution in [1.29, 1.82) is 0 Å². The van der Waals surface area contributed by atoms with Crippen molar-refractivity contribution in [3.05, 3.63) is 81.3 Å². The average molecular weight is 585 g/mol. The third kappa shape index (κ3) is 5.05. The van der Waals surface area contributed by atoms with Crippen LogP contribution >= 0.6 is 23.2 Å². The predicted molar refractivity (Wildman–Crippen MR) is 157 cm³/mol. The standard InChI is InChI=1S/C30H30Cl2N2O6/c1-6-33(7-2)18-10-8-17(9-11-18)25-23(26(35)21-16-22(31)29(40-5)24(32)28(21)39-4)27(36)30(37)34(25)19-12-14-20(38-3)15-13-19/h8-16,25,35H,6-7H2,1-5H3/b26-23+. The van der Waals surface area contributed by atoms with Gasteiger partial charge in [0.25, 0.3) is 11.7 Å². The fourth-order valence-corrected chi connectivity index (χ4v) is 5.59. The van der Waals surface area contributed by atoms with Gasteiger partial charge in [0.05, 0.1) is 43.5 Å². The number of ether oxygens (including phenoxy) is 3. The highest BCUT2D eigenvalue weighted by molar-refractivity contribution is 6.52. The summed E-state index contributed by atoms with van der Waals surface area (Å²) >= 11 is 12.9. The predicted octanol–water partition coefficient (Wildman–Crippen LogP) is 6.49. The van der Waals surface area contributed by atoms with Crippen LogP contribution < -0.4 is 24.0 Å². The van der Waals surface area contributed by atoms with Gasteiger partial charge in [0.2, 0.25) is 0 Å². The Morgan fingerprint density at radius 3 is 2.02 bits per heavy atom. The fourth-order valence-electron chi connectivity index (χ4n) is 4.90. The number of carbonyl (C=O) groups excluding carboxylic acids is 2. The number of anilines is 2. The molecule has 10 heteroatoms. The molecular weight excluding hydrogens is 555 g/mol. The number of benzene rings is 3. The summed E-state index contributed by atoms with van der Waals surface area (Å²) in [6.07, 6.45) is 0. The van der Waals surface area contributed by atoms with E-state index in [1.54, 1.807) is 24.3 Å². The zero-order valence-electron chi connectivity index (χ0n) is 22.8. The normalized spacial score (nSPS) is 16.3. The molecule has 0 saturated carbocycles. The van der Waals surface area contributed by atoms with Gasteiger partial charge in [-0.2, -0.15) is 0 Å². The second-order valence-electron chi connectivity index (χ2n) is 8.92. The summed E-state index contributed by atoms with van der Waals surface area (Å²) in [7, 11) is 4.30. The summed E-state index contributed by atoms with van der Waals surface area (Å²) in [4.78, 5) is 30.7. The Bertz CT molecular complexity index is 1450. The Balaban J connectivity index is 1.97. The molecule has 0 aromatic heterocycles. The minimum absolute atomic E-state index is 0.0172. The number of hydrogen-bond acceptors (Lipinski definition) is 7. The van der Waals surface area contributed by atoms with Crippen molar-refractivity contribution in [3.8, 4) is 17.2 Å². The van der Waals surface area contributed by atoms with Crippen molar-refractivity contribution in [2.45, 2.75) is 19.9 Å². The van der Waals surface area contributed by atoms with Crippen LogP contribution in [0.5, 0.6) is 17.2 Å². The molecule has 3 aromatic carbocycles. The lowest BCUT2D eigenvalue weighted by Crippen LogP contribution is -2.29. The first kappa shape index (κ1) is 29.1. The first-order valence-electron chi connectivity index (χ1n) is 12.6. The Hall–Kier alpha value is -3.88. The highest BCUT2D eigenvalue weighted by Gasteiger charge is 2.47. The van der Waals surface area contributed by atoms with Crippen LogP contribution in [-0.4, -0.2) is 51.2 Å². The average Bonchev–Trinajstić information content (AvgIpc) is 3.23. The molecule has 0 radical (unpaired) electrons. The van der Waals surface area contributed by atoms with E-state index in [0.29, 0.717) is 17.0 Å². The van der Waals surface area contributed by atoms with E-state index in [1.165, 1.54) is 32.3 Å². The van der Waals surface area contributed by atoms with Crippen LogP contribution in [-0.2, 0) is 9.59 Å². The Labute approximate surface area is 243 Å². The first-order chi connectivity index (χ1) is 19.2. The van der Waals surface area contributed by atoms with Gasteiger partial charge in [-0.15, -0.1) is 0 Å². The van der Waals surface area contributed by atoms with Gasteiger partial charge in [-0.05, 0) is 61.9 Å². The summed E-state index contributed by atoms with van der Waals surface area (Å²) in [5, 5.41) is 11.8. The Kier molecular flexibility index (Phi) is 8.81. The van der Waals surface area contributed by atoms with Gasteiger partial charge in [-0.25, -0.2) is 0 Å². The highest BCUT2D eigenvalue weighted by atomic mass is 35.5. The lowest BCUT2D eigenvalue weighted by molar-refractivity contribution is -0.132. The number of Topliss-reactive ketones (excluding diaryl/α,β-unsaturated/α-hetero) is 1. The molecule has 1 heterocycles. The Morgan fingerprint density at radius 2 is 1.50 bits per heavy atom. The molecule has 1 fully saturated rings. The Morgan fingerprint density at radius 1 is 0.900 bits per heavy atom. The maximum absolute atomic E-state index is 13.6. The van der Waals surface area contributed by atoms with Gasteiger partial charge in [0, 0.05) is 24.5 Å². The van der Waals surface area contributed by atoms with Gasteiger partial charge in [0.15, 0.2) is 11.5 Å². The number of methoxy groups -OCH3 is 3. The minimum atomic E-state index is -0.955. The molecule has 0 aliphatic carbocycles. The summed E-state index contributed by atoms with van der Waals surface area (Å²) in [6.45, 7) is 5.76. The summed E-state index contributed by atoms with van der Waals surface area (Å²) in [6, 6.07) is 14.7. The molecule has 4 rings (SSSR count). The van der Waals surface area contributed by atoms with E-state index < -0.39 is 23.5 Å². The molecule has 1 amide bonds. The number of hydrogen-bond donors (Lipinski definition) is 1. The van der Waals surface area contributed by atoms with Crippen LogP contribution in [0.4, 0.5) is 11.4 Å². The summed E-state index contributed by atoms with van der Waals surface area (Å²) in [5.41, 5.74) is 1.99. The van der Waals surface area contributed by atoms with E-state index in [1.807, 2.05) is 24.3 Å². The molecule has 8 nitrogen and oxygen atoms in total. The van der Waals surface area contributed by atoms with E-state index >= 15 is 0 Å². The summed E-state index contributed by atoms with van der Waals surface area (Å²) < 4.78 is 16.0. The maximum atomic E-state index is 13.6. The molecule has 0 spiro atoms. The van der Waals surface area contributed by atoms with Crippen LogP contribution in [0, 0.1) is 0 Å². The van der Waals surface area contributed by atoms with Gasteiger partial charge in [-0.3, -0.25) is 14.5 Å². The zero-order chi connectivity index (χ0) is 29.1.